The van der Waals surface area contributed by atoms with Crippen LogP contribution in [-0.4, -0.2) is 25.1 Å². The van der Waals surface area contributed by atoms with E-state index in [1.807, 2.05) is 0 Å². The summed E-state index contributed by atoms with van der Waals surface area (Å²) in [6.07, 6.45) is 0. The highest BCUT2D eigenvalue weighted by Crippen LogP contribution is 2.33. The van der Waals surface area contributed by atoms with E-state index in [-0.39, 0.29) is 30.0 Å². The van der Waals surface area contributed by atoms with Crippen LogP contribution in [-0.2, 0) is 4.79 Å². The predicted octanol–water partition coefficient (Wildman–Crippen LogP) is 1.17. The number of aliphatic imine (C=N–C) groups is 1. The lowest BCUT2D eigenvalue weighted by Crippen LogP contribution is -2.31. The standard InChI is InChI=1S/C12H13F2N3O3/c1-2-19-8-5-6(3-4-7(8)20-11(13)14)9-10(18)17-12(15)16-9/h3-5,9,11H,2H2,1H3,(H3,15,16,17,18). The van der Waals surface area contributed by atoms with Gasteiger partial charge >= 0.3 is 6.61 Å². The quantitative estimate of drug-likeness (QED) is 0.850. The first-order valence-corrected chi connectivity index (χ1v) is 5.87. The first kappa shape index (κ1) is 14.0. The fraction of sp³-hybridized carbons (Fsp3) is 0.333. The van der Waals surface area contributed by atoms with Gasteiger partial charge < -0.3 is 15.2 Å². The van der Waals surface area contributed by atoms with E-state index < -0.39 is 12.7 Å². The topological polar surface area (TPSA) is 85.9 Å². The Morgan fingerprint density at radius 2 is 2.20 bits per heavy atom. The van der Waals surface area contributed by atoms with Crippen molar-refractivity contribution in [1.82, 2.24) is 5.32 Å². The van der Waals surface area contributed by atoms with Gasteiger partial charge in [0.2, 0.25) is 0 Å². The minimum Gasteiger partial charge on any atom is -0.490 e. The first-order chi connectivity index (χ1) is 9.51. The lowest BCUT2D eigenvalue weighted by molar-refractivity contribution is -0.120. The summed E-state index contributed by atoms with van der Waals surface area (Å²) < 4.78 is 34.1. The number of nitrogens with zero attached hydrogens (tertiary/aromatic N) is 1. The van der Waals surface area contributed by atoms with Crippen LogP contribution < -0.4 is 20.5 Å². The number of nitrogens with two attached hydrogens (primary N) is 1. The van der Waals surface area contributed by atoms with Crippen LogP contribution in [0.1, 0.15) is 18.5 Å². The number of nitrogens with one attached hydrogen (secondary N) is 1. The fourth-order valence-corrected chi connectivity index (χ4v) is 1.81. The van der Waals surface area contributed by atoms with Crippen LogP contribution in [0.25, 0.3) is 0 Å². The van der Waals surface area contributed by atoms with Gasteiger partial charge in [-0.05, 0) is 24.6 Å². The van der Waals surface area contributed by atoms with Crippen LogP contribution in [0.15, 0.2) is 23.2 Å². The molecule has 0 saturated carbocycles. The number of hydrogen-bond donors (Lipinski definition) is 2. The second-order valence-corrected chi connectivity index (χ2v) is 3.92. The smallest absolute Gasteiger partial charge is 0.387 e. The summed E-state index contributed by atoms with van der Waals surface area (Å²) in [5.41, 5.74) is 5.89. The highest BCUT2D eigenvalue weighted by atomic mass is 19.3. The zero-order valence-electron chi connectivity index (χ0n) is 10.6. The number of benzene rings is 1. The van der Waals surface area contributed by atoms with E-state index in [0.717, 1.165) is 0 Å². The molecule has 0 aliphatic carbocycles. The SMILES string of the molecule is CCOc1cc(C2N=C(N)NC2=O)ccc1OC(F)F. The molecule has 0 aromatic heterocycles. The largest absolute Gasteiger partial charge is 0.490 e. The number of amides is 1. The summed E-state index contributed by atoms with van der Waals surface area (Å²) in [6.45, 7) is -0.980. The van der Waals surface area contributed by atoms with E-state index in [1.54, 1.807) is 6.92 Å². The number of ether oxygens (including phenoxy) is 2. The Hall–Kier alpha value is -2.38. The minimum absolute atomic E-state index is 0.0193. The lowest BCUT2D eigenvalue weighted by Gasteiger charge is -2.13. The van der Waals surface area contributed by atoms with Crippen molar-refractivity contribution in [1.29, 1.82) is 0 Å². The van der Waals surface area contributed by atoms with Crippen LogP contribution in [0.2, 0.25) is 0 Å². The molecule has 0 bridgehead atoms. The molecule has 1 amide bonds. The summed E-state index contributed by atoms with van der Waals surface area (Å²) in [4.78, 5) is 15.5. The highest BCUT2D eigenvalue weighted by Gasteiger charge is 2.27. The molecule has 0 radical (unpaired) electrons. The third kappa shape index (κ3) is 2.95. The lowest BCUT2D eigenvalue weighted by atomic mass is 10.1. The van der Waals surface area contributed by atoms with Crippen molar-refractivity contribution in [2.45, 2.75) is 19.6 Å². The fourth-order valence-electron chi connectivity index (χ4n) is 1.81. The molecule has 0 spiro atoms. The van der Waals surface area contributed by atoms with Crippen LogP contribution in [0.4, 0.5) is 8.78 Å². The summed E-state index contributed by atoms with van der Waals surface area (Å²) in [5, 5.41) is 2.36. The predicted molar refractivity (Wildman–Crippen MR) is 66.7 cm³/mol. The molecule has 6 nitrogen and oxygen atoms in total. The second-order valence-electron chi connectivity index (χ2n) is 3.92. The molecule has 1 heterocycles. The minimum atomic E-state index is -2.96. The Labute approximate surface area is 113 Å². The molecule has 3 N–H and O–H groups in total. The highest BCUT2D eigenvalue weighted by molar-refractivity contribution is 6.04. The van der Waals surface area contributed by atoms with E-state index in [9.17, 15) is 13.6 Å². The Balaban J connectivity index is 2.32. The number of guanidine groups is 1. The van der Waals surface area contributed by atoms with E-state index in [2.05, 4.69) is 15.0 Å². The van der Waals surface area contributed by atoms with E-state index in [0.29, 0.717) is 5.56 Å². The third-order valence-electron chi connectivity index (χ3n) is 2.57. The van der Waals surface area contributed by atoms with Gasteiger partial charge in [0.05, 0.1) is 6.61 Å². The van der Waals surface area contributed by atoms with Gasteiger partial charge in [-0.15, -0.1) is 0 Å². The number of halogens is 2. The van der Waals surface area contributed by atoms with Gasteiger partial charge in [0, 0.05) is 0 Å². The molecule has 20 heavy (non-hydrogen) atoms. The normalized spacial score (nSPS) is 17.9. The van der Waals surface area contributed by atoms with Gasteiger partial charge in [0.1, 0.15) is 0 Å². The molecular weight excluding hydrogens is 272 g/mol. The molecule has 8 heteroatoms. The summed E-state index contributed by atoms with van der Waals surface area (Å²) in [5.74, 6) is -0.335. The van der Waals surface area contributed by atoms with Crippen LogP contribution in [0.3, 0.4) is 0 Å². The third-order valence-corrected chi connectivity index (χ3v) is 2.57. The average Bonchev–Trinajstić information content (AvgIpc) is 2.70. The van der Waals surface area contributed by atoms with Crippen molar-refractivity contribution in [2.75, 3.05) is 6.61 Å². The molecule has 1 aromatic rings. The maximum atomic E-state index is 12.3. The van der Waals surface area contributed by atoms with Gasteiger partial charge in [-0.1, -0.05) is 6.07 Å². The molecule has 0 fully saturated rings. The maximum Gasteiger partial charge on any atom is 0.387 e. The molecule has 1 aliphatic rings. The van der Waals surface area contributed by atoms with Crippen molar-refractivity contribution in [3.8, 4) is 11.5 Å². The number of carbonyl (C=O) groups is 1. The number of hydrogen-bond acceptors (Lipinski definition) is 5. The Bertz CT molecular complexity index is 549. The monoisotopic (exact) mass is 285 g/mol. The number of rotatable bonds is 5. The number of carbonyl (C=O) groups excluding carboxylic acids is 1. The Morgan fingerprint density at radius 1 is 1.45 bits per heavy atom. The zero-order chi connectivity index (χ0) is 14.7. The molecule has 1 atom stereocenters. The van der Waals surface area contributed by atoms with E-state index in [4.69, 9.17) is 10.5 Å². The molecular formula is C12H13F2N3O3. The van der Waals surface area contributed by atoms with Crippen molar-refractivity contribution in [3.63, 3.8) is 0 Å². The zero-order valence-corrected chi connectivity index (χ0v) is 10.6. The second kappa shape index (κ2) is 5.72. The Kier molecular flexibility index (Phi) is 4.02. The van der Waals surface area contributed by atoms with Gasteiger partial charge in [0.25, 0.3) is 5.91 Å². The summed E-state index contributed by atoms with van der Waals surface area (Å²) in [6, 6.07) is 3.40. The van der Waals surface area contributed by atoms with Gasteiger partial charge in [0.15, 0.2) is 23.5 Å². The summed E-state index contributed by atoms with van der Waals surface area (Å²) >= 11 is 0. The van der Waals surface area contributed by atoms with Crippen LogP contribution in [0.5, 0.6) is 11.5 Å². The van der Waals surface area contributed by atoms with E-state index in [1.165, 1.54) is 18.2 Å². The van der Waals surface area contributed by atoms with Crippen molar-refractivity contribution < 1.29 is 23.0 Å². The maximum absolute atomic E-state index is 12.3. The van der Waals surface area contributed by atoms with Crippen molar-refractivity contribution in [3.05, 3.63) is 23.8 Å². The number of alkyl halides is 2. The molecule has 1 aliphatic heterocycles. The van der Waals surface area contributed by atoms with Gasteiger partial charge in [-0.25, -0.2) is 4.99 Å². The first-order valence-electron chi connectivity index (χ1n) is 5.87. The average molecular weight is 285 g/mol. The van der Waals surface area contributed by atoms with Crippen LogP contribution >= 0.6 is 0 Å². The van der Waals surface area contributed by atoms with E-state index >= 15 is 0 Å². The molecule has 2 rings (SSSR count). The van der Waals surface area contributed by atoms with Gasteiger partial charge in [-0.2, -0.15) is 8.78 Å². The molecule has 1 aromatic carbocycles. The molecule has 108 valence electrons. The Morgan fingerprint density at radius 3 is 2.75 bits per heavy atom. The molecule has 1 unspecified atom stereocenters. The van der Waals surface area contributed by atoms with Crippen molar-refractivity contribution >= 4 is 11.9 Å². The van der Waals surface area contributed by atoms with Crippen LogP contribution in [0, 0.1) is 0 Å². The summed E-state index contributed by atoms with van der Waals surface area (Å²) in [7, 11) is 0. The molecule has 0 saturated heterocycles. The van der Waals surface area contributed by atoms with Crippen molar-refractivity contribution in [2.24, 2.45) is 10.7 Å². The van der Waals surface area contributed by atoms with Gasteiger partial charge in [-0.3, -0.25) is 10.1 Å².